The van der Waals surface area contributed by atoms with Crippen LogP contribution in [0.5, 0.6) is 0 Å². The SMILES string of the molecule is CCCCCCOC(=O)c1ccc(Br)c(S(N)(=O)=O)c1. The van der Waals surface area contributed by atoms with Crippen molar-refractivity contribution in [3.05, 3.63) is 28.2 Å². The Morgan fingerprint density at radius 1 is 1.30 bits per heavy atom. The van der Waals surface area contributed by atoms with Gasteiger partial charge >= 0.3 is 5.97 Å². The van der Waals surface area contributed by atoms with Crippen LogP contribution in [0.25, 0.3) is 0 Å². The number of primary sulfonamides is 1. The van der Waals surface area contributed by atoms with Crippen molar-refractivity contribution < 1.29 is 17.9 Å². The van der Waals surface area contributed by atoms with Gasteiger partial charge in [-0.2, -0.15) is 0 Å². The van der Waals surface area contributed by atoms with Crippen molar-refractivity contribution in [2.75, 3.05) is 6.61 Å². The molecule has 0 bridgehead atoms. The fourth-order valence-corrected chi connectivity index (χ4v) is 3.18. The van der Waals surface area contributed by atoms with E-state index in [1.54, 1.807) is 0 Å². The first-order valence-electron chi connectivity index (χ1n) is 6.35. The number of rotatable bonds is 7. The Hall–Kier alpha value is -0.920. The second-order valence-electron chi connectivity index (χ2n) is 4.39. The third-order valence-electron chi connectivity index (χ3n) is 2.70. The maximum absolute atomic E-state index is 11.8. The summed E-state index contributed by atoms with van der Waals surface area (Å²) < 4.78 is 28.1. The number of sulfonamides is 1. The smallest absolute Gasteiger partial charge is 0.338 e. The van der Waals surface area contributed by atoms with Crippen LogP contribution in [0, 0.1) is 0 Å². The van der Waals surface area contributed by atoms with Gasteiger partial charge in [0.25, 0.3) is 0 Å². The number of hydrogen-bond donors (Lipinski definition) is 1. The van der Waals surface area contributed by atoms with Gasteiger partial charge in [0.1, 0.15) is 0 Å². The molecule has 1 aromatic carbocycles. The van der Waals surface area contributed by atoms with Crippen LogP contribution >= 0.6 is 15.9 Å². The summed E-state index contributed by atoms with van der Waals surface area (Å²) in [6.45, 7) is 2.43. The first-order valence-corrected chi connectivity index (χ1v) is 8.69. The van der Waals surface area contributed by atoms with Crippen molar-refractivity contribution in [2.45, 2.75) is 37.5 Å². The molecule has 0 aliphatic carbocycles. The predicted molar refractivity (Wildman–Crippen MR) is 79.9 cm³/mol. The van der Waals surface area contributed by atoms with Gasteiger partial charge in [0.05, 0.1) is 17.1 Å². The van der Waals surface area contributed by atoms with E-state index in [1.165, 1.54) is 18.2 Å². The molecule has 1 aromatic rings. The average Bonchev–Trinajstić information content (AvgIpc) is 2.37. The zero-order valence-corrected chi connectivity index (χ0v) is 13.7. The summed E-state index contributed by atoms with van der Waals surface area (Å²) in [7, 11) is -3.88. The molecule has 5 nitrogen and oxygen atoms in total. The summed E-state index contributed by atoms with van der Waals surface area (Å²) in [4.78, 5) is 11.7. The molecule has 0 saturated carbocycles. The molecular weight excluding hydrogens is 346 g/mol. The lowest BCUT2D eigenvalue weighted by atomic mass is 10.2. The molecule has 0 aliphatic rings. The van der Waals surface area contributed by atoms with Crippen molar-refractivity contribution >= 4 is 31.9 Å². The summed E-state index contributed by atoms with van der Waals surface area (Å²) in [6, 6.07) is 4.17. The third-order valence-corrected chi connectivity index (χ3v) is 4.61. The van der Waals surface area contributed by atoms with E-state index in [2.05, 4.69) is 22.9 Å². The van der Waals surface area contributed by atoms with Crippen LogP contribution in [-0.2, 0) is 14.8 Å². The van der Waals surface area contributed by atoms with Crippen LogP contribution < -0.4 is 5.14 Å². The normalized spacial score (nSPS) is 11.3. The van der Waals surface area contributed by atoms with E-state index in [0.29, 0.717) is 11.1 Å². The minimum atomic E-state index is -3.88. The zero-order valence-electron chi connectivity index (χ0n) is 11.3. The molecule has 0 heterocycles. The lowest BCUT2D eigenvalue weighted by Crippen LogP contribution is -2.14. The highest BCUT2D eigenvalue weighted by atomic mass is 79.9. The molecule has 2 N–H and O–H groups in total. The minimum absolute atomic E-state index is 0.127. The number of hydrogen-bond acceptors (Lipinski definition) is 4. The molecule has 0 aromatic heterocycles. The Morgan fingerprint density at radius 3 is 2.60 bits per heavy atom. The van der Waals surface area contributed by atoms with E-state index in [-0.39, 0.29) is 10.5 Å². The van der Waals surface area contributed by atoms with Crippen LogP contribution in [0.1, 0.15) is 43.0 Å². The maximum Gasteiger partial charge on any atom is 0.338 e. The van der Waals surface area contributed by atoms with Crippen molar-refractivity contribution in [3.63, 3.8) is 0 Å². The standard InChI is InChI=1S/C13H18BrNO4S/c1-2-3-4-5-8-19-13(16)10-6-7-11(14)12(9-10)20(15,17)18/h6-7,9H,2-5,8H2,1H3,(H2,15,17,18). The lowest BCUT2D eigenvalue weighted by Gasteiger charge is -2.07. The molecule has 0 fully saturated rings. The second-order valence-corrected chi connectivity index (χ2v) is 6.77. The number of benzene rings is 1. The Balaban J connectivity index is 2.70. The van der Waals surface area contributed by atoms with Gasteiger partial charge in [0.15, 0.2) is 0 Å². The van der Waals surface area contributed by atoms with Crippen LogP contribution in [0.4, 0.5) is 0 Å². The molecule has 20 heavy (non-hydrogen) atoms. The van der Waals surface area contributed by atoms with Gasteiger partial charge in [-0.1, -0.05) is 26.2 Å². The number of carbonyl (C=O) groups is 1. The minimum Gasteiger partial charge on any atom is -0.462 e. The van der Waals surface area contributed by atoms with Crippen LogP contribution in [0.15, 0.2) is 27.6 Å². The highest BCUT2D eigenvalue weighted by Gasteiger charge is 2.16. The predicted octanol–water partition coefficient (Wildman–Crippen LogP) is 2.83. The Morgan fingerprint density at radius 2 is 2.00 bits per heavy atom. The van der Waals surface area contributed by atoms with Gasteiger partial charge in [0, 0.05) is 4.47 Å². The highest BCUT2D eigenvalue weighted by Crippen LogP contribution is 2.22. The first kappa shape index (κ1) is 17.1. The van der Waals surface area contributed by atoms with Gasteiger partial charge in [-0.15, -0.1) is 0 Å². The molecule has 0 spiro atoms. The molecule has 0 saturated heterocycles. The van der Waals surface area contributed by atoms with Crippen LogP contribution in [0.2, 0.25) is 0 Å². The summed E-state index contributed by atoms with van der Waals surface area (Å²) in [5.74, 6) is -0.543. The van der Waals surface area contributed by atoms with Gasteiger partial charge in [-0.05, 0) is 40.5 Å². The Labute approximate surface area is 127 Å². The summed E-state index contributed by atoms with van der Waals surface area (Å²) in [6.07, 6.45) is 4.02. The molecule has 0 unspecified atom stereocenters. The lowest BCUT2D eigenvalue weighted by molar-refractivity contribution is 0.0497. The van der Waals surface area contributed by atoms with E-state index in [1.807, 2.05) is 0 Å². The average molecular weight is 364 g/mol. The number of nitrogens with two attached hydrogens (primary N) is 1. The maximum atomic E-state index is 11.8. The monoisotopic (exact) mass is 363 g/mol. The van der Waals surface area contributed by atoms with Gasteiger partial charge in [0.2, 0.25) is 10.0 Å². The van der Waals surface area contributed by atoms with Gasteiger partial charge in [-0.25, -0.2) is 18.4 Å². The molecule has 0 aliphatic heterocycles. The van der Waals surface area contributed by atoms with E-state index in [9.17, 15) is 13.2 Å². The molecule has 0 amide bonds. The zero-order chi connectivity index (χ0) is 15.2. The second kappa shape index (κ2) is 7.75. The van der Waals surface area contributed by atoms with E-state index in [0.717, 1.165) is 25.7 Å². The summed E-state index contributed by atoms with van der Waals surface area (Å²) in [5.41, 5.74) is 0.174. The Bertz CT molecular complexity index is 572. The number of unbranched alkanes of at least 4 members (excludes halogenated alkanes) is 3. The van der Waals surface area contributed by atoms with Crippen LogP contribution in [0.3, 0.4) is 0 Å². The molecular formula is C13H18BrNO4S. The van der Waals surface area contributed by atoms with E-state index < -0.39 is 16.0 Å². The molecule has 1 rings (SSSR count). The summed E-state index contributed by atoms with van der Waals surface area (Å²) >= 11 is 3.09. The number of esters is 1. The fourth-order valence-electron chi connectivity index (χ4n) is 1.63. The number of carbonyl (C=O) groups excluding carboxylic acids is 1. The van der Waals surface area contributed by atoms with Crippen molar-refractivity contribution in [3.8, 4) is 0 Å². The molecule has 112 valence electrons. The highest BCUT2D eigenvalue weighted by molar-refractivity contribution is 9.10. The molecule has 7 heteroatoms. The summed E-state index contributed by atoms with van der Waals surface area (Å²) in [5, 5.41) is 5.07. The van der Waals surface area contributed by atoms with Crippen LogP contribution in [-0.4, -0.2) is 21.0 Å². The van der Waals surface area contributed by atoms with Gasteiger partial charge in [-0.3, -0.25) is 0 Å². The van der Waals surface area contributed by atoms with E-state index >= 15 is 0 Å². The third kappa shape index (κ3) is 5.22. The molecule has 0 atom stereocenters. The number of ether oxygens (including phenoxy) is 1. The van der Waals surface area contributed by atoms with E-state index in [4.69, 9.17) is 9.88 Å². The Kier molecular flexibility index (Phi) is 6.64. The number of halogens is 1. The first-order chi connectivity index (χ1) is 9.36. The van der Waals surface area contributed by atoms with Crippen molar-refractivity contribution in [1.82, 2.24) is 0 Å². The van der Waals surface area contributed by atoms with Crippen molar-refractivity contribution in [1.29, 1.82) is 0 Å². The van der Waals surface area contributed by atoms with Gasteiger partial charge < -0.3 is 4.74 Å². The topological polar surface area (TPSA) is 86.5 Å². The van der Waals surface area contributed by atoms with Crippen molar-refractivity contribution in [2.24, 2.45) is 5.14 Å². The largest absolute Gasteiger partial charge is 0.462 e. The quantitative estimate of drug-likeness (QED) is 0.595. The fraction of sp³-hybridized carbons (Fsp3) is 0.462. The molecule has 0 radical (unpaired) electrons.